The SMILES string of the molecule is O=[N+]([O-])c1ccc(CO)cc1N1CCOC(c2ccsc2)C1. The molecule has 0 bridgehead atoms. The molecule has 7 heteroatoms. The lowest BCUT2D eigenvalue weighted by molar-refractivity contribution is -0.384. The fourth-order valence-electron chi connectivity index (χ4n) is 2.60. The zero-order valence-corrected chi connectivity index (χ0v) is 12.7. The van der Waals surface area contributed by atoms with Crippen molar-refractivity contribution in [2.75, 3.05) is 24.6 Å². The average molecular weight is 320 g/mol. The molecule has 1 fully saturated rings. The molecule has 1 atom stereocenters. The quantitative estimate of drug-likeness (QED) is 0.692. The molecule has 1 aliphatic heterocycles. The highest BCUT2D eigenvalue weighted by Crippen LogP contribution is 2.33. The first-order valence-electron chi connectivity index (χ1n) is 6.96. The molecule has 0 spiro atoms. The number of rotatable bonds is 4. The number of morpholine rings is 1. The van der Waals surface area contributed by atoms with Crippen LogP contribution < -0.4 is 4.90 Å². The smallest absolute Gasteiger partial charge is 0.292 e. The predicted octanol–water partition coefficient (Wildman–Crippen LogP) is 2.73. The average Bonchev–Trinajstić information content (AvgIpc) is 3.09. The molecule has 0 aliphatic carbocycles. The topological polar surface area (TPSA) is 75.8 Å². The number of nitro groups is 1. The van der Waals surface area contributed by atoms with Crippen molar-refractivity contribution in [1.29, 1.82) is 0 Å². The summed E-state index contributed by atoms with van der Waals surface area (Å²) in [5.41, 5.74) is 2.36. The van der Waals surface area contributed by atoms with Gasteiger partial charge in [0.15, 0.2) is 0 Å². The van der Waals surface area contributed by atoms with Crippen molar-refractivity contribution in [2.24, 2.45) is 0 Å². The monoisotopic (exact) mass is 320 g/mol. The zero-order chi connectivity index (χ0) is 15.5. The number of nitrogens with zero attached hydrogens (tertiary/aromatic N) is 2. The van der Waals surface area contributed by atoms with Crippen LogP contribution in [-0.2, 0) is 11.3 Å². The Morgan fingerprint density at radius 2 is 2.32 bits per heavy atom. The van der Waals surface area contributed by atoms with Crippen molar-refractivity contribution < 1.29 is 14.8 Å². The van der Waals surface area contributed by atoms with Gasteiger partial charge in [-0.2, -0.15) is 11.3 Å². The number of ether oxygens (including phenoxy) is 1. The first-order chi connectivity index (χ1) is 10.7. The second-order valence-electron chi connectivity index (χ2n) is 5.10. The van der Waals surface area contributed by atoms with Gasteiger partial charge in [-0.05, 0) is 40.1 Å². The van der Waals surface area contributed by atoms with Gasteiger partial charge in [-0.25, -0.2) is 0 Å². The van der Waals surface area contributed by atoms with Gasteiger partial charge in [-0.1, -0.05) is 0 Å². The highest BCUT2D eigenvalue weighted by atomic mass is 32.1. The Morgan fingerprint density at radius 1 is 1.45 bits per heavy atom. The van der Waals surface area contributed by atoms with Gasteiger partial charge in [0, 0.05) is 19.2 Å². The Hall–Kier alpha value is -1.96. The molecule has 1 aromatic heterocycles. The maximum Gasteiger partial charge on any atom is 0.292 e. The number of nitro benzene ring substituents is 1. The Bertz CT molecular complexity index is 660. The van der Waals surface area contributed by atoms with Crippen LogP contribution in [-0.4, -0.2) is 29.7 Å². The van der Waals surface area contributed by atoms with Gasteiger partial charge < -0.3 is 14.7 Å². The first-order valence-corrected chi connectivity index (χ1v) is 7.90. The van der Waals surface area contributed by atoms with Gasteiger partial charge in [0.25, 0.3) is 5.69 Å². The Balaban J connectivity index is 1.90. The molecule has 1 unspecified atom stereocenters. The van der Waals surface area contributed by atoms with E-state index in [4.69, 9.17) is 4.74 Å². The van der Waals surface area contributed by atoms with Crippen LogP contribution >= 0.6 is 11.3 Å². The molecule has 1 aliphatic rings. The summed E-state index contributed by atoms with van der Waals surface area (Å²) in [5, 5.41) is 24.6. The van der Waals surface area contributed by atoms with Crippen LogP contribution in [0.1, 0.15) is 17.2 Å². The van der Waals surface area contributed by atoms with Crippen LogP contribution in [0.25, 0.3) is 0 Å². The van der Waals surface area contributed by atoms with Crippen molar-refractivity contribution in [3.8, 4) is 0 Å². The first kappa shape index (κ1) is 15.0. The number of benzene rings is 1. The van der Waals surface area contributed by atoms with E-state index in [1.165, 1.54) is 6.07 Å². The van der Waals surface area contributed by atoms with Crippen molar-refractivity contribution in [2.45, 2.75) is 12.7 Å². The van der Waals surface area contributed by atoms with E-state index < -0.39 is 0 Å². The molecule has 3 rings (SSSR count). The van der Waals surface area contributed by atoms with Crippen LogP contribution in [0.15, 0.2) is 35.0 Å². The molecule has 2 heterocycles. The van der Waals surface area contributed by atoms with Gasteiger partial charge in [-0.15, -0.1) is 0 Å². The number of anilines is 1. The lowest BCUT2D eigenvalue weighted by Gasteiger charge is -2.34. The minimum Gasteiger partial charge on any atom is -0.392 e. The van der Waals surface area contributed by atoms with E-state index in [9.17, 15) is 15.2 Å². The number of hydrogen-bond acceptors (Lipinski definition) is 6. The minimum absolute atomic E-state index is 0.0585. The Labute approximate surface area is 131 Å². The summed E-state index contributed by atoms with van der Waals surface area (Å²) in [6.45, 7) is 1.53. The largest absolute Gasteiger partial charge is 0.392 e. The molecule has 1 saturated heterocycles. The molecule has 1 N–H and O–H groups in total. The van der Waals surface area contributed by atoms with E-state index in [0.29, 0.717) is 30.9 Å². The summed E-state index contributed by atoms with van der Waals surface area (Å²) >= 11 is 1.60. The summed E-state index contributed by atoms with van der Waals surface area (Å²) in [7, 11) is 0. The molecular formula is C15H16N2O4S. The van der Waals surface area contributed by atoms with E-state index in [1.54, 1.807) is 23.5 Å². The maximum atomic E-state index is 11.3. The van der Waals surface area contributed by atoms with Crippen molar-refractivity contribution >= 4 is 22.7 Å². The number of aliphatic hydroxyl groups is 1. The molecule has 6 nitrogen and oxygen atoms in total. The fourth-order valence-corrected chi connectivity index (χ4v) is 3.30. The zero-order valence-electron chi connectivity index (χ0n) is 11.8. The van der Waals surface area contributed by atoms with Crippen molar-refractivity contribution in [3.63, 3.8) is 0 Å². The van der Waals surface area contributed by atoms with Gasteiger partial charge in [0.1, 0.15) is 11.8 Å². The molecule has 2 aromatic rings. The molecular weight excluding hydrogens is 304 g/mol. The van der Waals surface area contributed by atoms with E-state index in [-0.39, 0.29) is 23.3 Å². The lowest BCUT2D eigenvalue weighted by Crippen LogP contribution is -2.38. The third-order valence-corrected chi connectivity index (χ3v) is 4.44. The third kappa shape index (κ3) is 2.96. The molecule has 0 saturated carbocycles. The van der Waals surface area contributed by atoms with E-state index in [2.05, 4.69) is 0 Å². The minimum atomic E-state index is -0.383. The normalized spacial score (nSPS) is 18.4. The predicted molar refractivity (Wildman–Crippen MR) is 84.2 cm³/mol. The fraction of sp³-hybridized carbons (Fsp3) is 0.333. The van der Waals surface area contributed by atoms with Crippen LogP contribution in [0, 0.1) is 10.1 Å². The van der Waals surface area contributed by atoms with Crippen molar-refractivity contribution in [3.05, 3.63) is 56.3 Å². The summed E-state index contributed by atoms with van der Waals surface area (Å²) in [6, 6.07) is 6.74. The van der Waals surface area contributed by atoms with Gasteiger partial charge in [-0.3, -0.25) is 10.1 Å². The van der Waals surface area contributed by atoms with Gasteiger partial charge in [0.2, 0.25) is 0 Å². The molecule has 0 radical (unpaired) electrons. The number of thiophene rings is 1. The Morgan fingerprint density at radius 3 is 3.00 bits per heavy atom. The Kier molecular flexibility index (Phi) is 4.37. The van der Waals surface area contributed by atoms with Crippen LogP contribution in [0.5, 0.6) is 0 Å². The summed E-state index contributed by atoms with van der Waals surface area (Å²) in [5.74, 6) is 0. The molecule has 1 aromatic carbocycles. The standard InChI is InChI=1S/C15H16N2O4S/c18-9-11-1-2-13(17(19)20)14(7-11)16-4-5-21-15(8-16)12-3-6-22-10-12/h1-3,6-7,10,15,18H,4-5,8-9H2. The van der Waals surface area contributed by atoms with Crippen LogP contribution in [0.3, 0.4) is 0 Å². The second-order valence-corrected chi connectivity index (χ2v) is 5.88. The maximum absolute atomic E-state index is 11.3. The summed E-state index contributed by atoms with van der Waals surface area (Å²) in [6.07, 6.45) is -0.0858. The number of aliphatic hydroxyl groups excluding tert-OH is 1. The molecule has 22 heavy (non-hydrogen) atoms. The van der Waals surface area contributed by atoms with E-state index >= 15 is 0 Å². The highest BCUT2D eigenvalue weighted by Gasteiger charge is 2.27. The molecule has 116 valence electrons. The third-order valence-electron chi connectivity index (χ3n) is 3.74. The second kappa shape index (κ2) is 6.43. The van der Waals surface area contributed by atoms with Gasteiger partial charge in [0.05, 0.1) is 18.1 Å². The summed E-state index contributed by atoms with van der Waals surface area (Å²) < 4.78 is 5.78. The van der Waals surface area contributed by atoms with Gasteiger partial charge >= 0.3 is 0 Å². The highest BCUT2D eigenvalue weighted by molar-refractivity contribution is 7.07. The summed E-state index contributed by atoms with van der Waals surface area (Å²) in [4.78, 5) is 12.8. The van der Waals surface area contributed by atoms with E-state index in [0.717, 1.165) is 5.56 Å². The van der Waals surface area contributed by atoms with Crippen molar-refractivity contribution in [1.82, 2.24) is 0 Å². The number of hydrogen-bond donors (Lipinski definition) is 1. The van der Waals surface area contributed by atoms with E-state index in [1.807, 2.05) is 21.7 Å². The lowest BCUT2D eigenvalue weighted by atomic mass is 10.1. The van der Waals surface area contributed by atoms with Crippen LogP contribution in [0.4, 0.5) is 11.4 Å². The van der Waals surface area contributed by atoms with Crippen LogP contribution in [0.2, 0.25) is 0 Å². The molecule has 0 amide bonds.